The lowest BCUT2D eigenvalue weighted by atomic mass is 9.90. The van der Waals surface area contributed by atoms with E-state index >= 15 is 0 Å². The Hall–Kier alpha value is -3.65. The molecule has 198 valence electrons. The lowest BCUT2D eigenvalue weighted by molar-refractivity contribution is -0.137. The number of hydrogen-bond donors (Lipinski definition) is 1. The number of pyridine rings is 1. The highest BCUT2D eigenvalue weighted by molar-refractivity contribution is 5.97. The Morgan fingerprint density at radius 1 is 1.03 bits per heavy atom. The molecule has 2 aromatic carbocycles. The van der Waals surface area contributed by atoms with E-state index in [9.17, 15) is 18.0 Å². The van der Waals surface area contributed by atoms with E-state index in [1.165, 1.54) is 37.8 Å². The van der Waals surface area contributed by atoms with E-state index in [1.807, 2.05) is 18.2 Å². The van der Waals surface area contributed by atoms with Crippen LogP contribution in [0.2, 0.25) is 0 Å². The van der Waals surface area contributed by atoms with Crippen molar-refractivity contribution < 1.29 is 18.0 Å². The molecule has 8 heteroatoms. The fourth-order valence-corrected chi connectivity index (χ4v) is 5.35. The molecule has 1 fully saturated rings. The van der Waals surface area contributed by atoms with Gasteiger partial charge in [0.2, 0.25) is 5.91 Å². The Balaban J connectivity index is 1.42. The van der Waals surface area contributed by atoms with Crippen LogP contribution in [0.5, 0.6) is 0 Å². The van der Waals surface area contributed by atoms with Gasteiger partial charge in [0.05, 0.1) is 17.3 Å². The maximum absolute atomic E-state index is 13.0. The lowest BCUT2D eigenvalue weighted by Gasteiger charge is -2.36. The van der Waals surface area contributed by atoms with Crippen molar-refractivity contribution in [2.75, 3.05) is 23.3 Å². The van der Waals surface area contributed by atoms with Crippen molar-refractivity contribution in [2.45, 2.75) is 51.4 Å². The number of alkyl halides is 3. The Bertz CT molecular complexity index is 1310. The third-order valence-electron chi connectivity index (χ3n) is 7.27. The minimum atomic E-state index is -4.45. The summed E-state index contributed by atoms with van der Waals surface area (Å²) in [6.07, 6.45) is 0.616. The fraction of sp³-hybridized carbons (Fsp3) is 0.333. The minimum absolute atomic E-state index is 0.142. The summed E-state index contributed by atoms with van der Waals surface area (Å²) in [6.45, 7) is 8.82. The number of benzene rings is 2. The van der Waals surface area contributed by atoms with E-state index in [-0.39, 0.29) is 11.9 Å². The van der Waals surface area contributed by atoms with Crippen molar-refractivity contribution >= 4 is 17.4 Å². The highest BCUT2D eigenvalue weighted by atomic mass is 19.4. The summed E-state index contributed by atoms with van der Waals surface area (Å²) in [5.74, 6) is 0.183. The number of rotatable bonds is 5. The summed E-state index contributed by atoms with van der Waals surface area (Å²) in [7, 11) is 0. The number of piperidine rings is 1. The van der Waals surface area contributed by atoms with Gasteiger partial charge in [0.1, 0.15) is 5.82 Å². The molecule has 0 spiro atoms. The monoisotopic (exact) mass is 520 g/mol. The largest absolute Gasteiger partial charge is 0.417 e. The van der Waals surface area contributed by atoms with Crippen LogP contribution in [0.15, 0.2) is 73.1 Å². The highest BCUT2D eigenvalue weighted by Crippen LogP contribution is 2.42. The summed E-state index contributed by atoms with van der Waals surface area (Å²) >= 11 is 0. The molecular formula is C30H31F3N4O. The SMILES string of the molecule is C=C1CC(Nc2ccc(C(F)(F)F)cn2)c2cc(-c3ccc(CN4CCCCC4)cc3)ccc2N1C(C)=O. The van der Waals surface area contributed by atoms with Crippen LogP contribution in [-0.4, -0.2) is 28.9 Å². The molecule has 1 atom stereocenters. The Morgan fingerprint density at radius 2 is 1.74 bits per heavy atom. The molecule has 5 rings (SSSR count). The van der Waals surface area contributed by atoms with Crippen molar-refractivity contribution in [1.29, 1.82) is 0 Å². The van der Waals surface area contributed by atoms with E-state index in [0.717, 1.165) is 48.6 Å². The van der Waals surface area contributed by atoms with Crippen molar-refractivity contribution in [3.8, 4) is 11.1 Å². The number of carbonyl (C=O) groups excluding carboxylic acids is 1. The average Bonchev–Trinajstić information content (AvgIpc) is 2.89. The van der Waals surface area contributed by atoms with E-state index in [0.29, 0.717) is 23.6 Å². The topological polar surface area (TPSA) is 48.5 Å². The quantitative estimate of drug-likeness (QED) is 0.387. The van der Waals surface area contributed by atoms with Crippen molar-refractivity contribution in [3.63, 3.8) is 0 Å². The summed E-state index contributed by atoms with van der Waals surface area (Å²) in [5.41, 5.74) is 4.72. The van der Waals surface area contributed by atoms with Crippen LogP contribution in [0.25, 0.3) is 11.1 Å². The number of likely N-dealkylation sites (tertiary alicyclic amines) is 1. The van der Waals surface area contributed by atoms with Crippen LogP contribution < -0.4 is 10.2 Å². The summed E-state index contributed by atoms with van der Waals surface area (Å²) < 4.78 is 38.9. The number of fused-ring (bicyclic) bond motifs is 1. The smallest absolute Gasteiger partial charge is 0.363 e. The number of aromatic nitrogens is 1. The first-order chi connectivity index (χ1) is 18.2. The van der Waals surface area contributed by atoms with Crippen LogP contribution in [0, 0.1) is 0 Å². The average molecular weight is 521 g/mol. The van der Waals surface area contributed by atoms with Gasteiger partial charge in [-0.05, 0) is 72.5 Å². The normalized spacial score (nSPS) is 18.3. The van der Waals surface area contributed by atoms with Gasteiger partial charge in [-0.3, -0.25) is 14.6 Å². The number of nitrogens with zero attached hydrogens (tertiary/aromatic N) is 3. The second kappa shape index (κ2) is 10.6. The number of amides is 1. The van der Waals surface area contributed by atoms with Gasteiger partial charge in [-0.2, -0.15) is 13.2 Å². The second-order valence-electron chi connectivity index (χ2n) is 10.1. The van der Waals surface area contributed by atoms with Crippen molar-refractivity contribution in [3.05, 3.63) is 89.8 Å². The second-order valence-corrected chi connectivity index (χ2v) is 10.1. The summed E-state index contributed by atoms with van der Waals surface area (Å²) in [4.78, 5) is 20.5. The van der Waals surface area contributed by atoms with Gasteiger partial charge < -0.3 is 5.32 Å². The zero-order chi connectivity index (χ0) is 26.9. The molecule has 2 aliphatic rings. The van der Waals surface area contributed by atoms with Gasteiger partial charge in [-0.25, -0.2) is 4.98 Å². The molecule has 1 amide bonds. The zero-order valence-corrected chi connectivity index (χ0v) is 21.4. The van der Waals surface area contributed by atoms with Gasteiger partial charge in [-0.15, -0.1) is 0 Å². The molecule has 1 N–H and O–H groups in total. The molecule has 2 aliphatic heterocycles. The lowest BCUT2D eigenvalue weighted by Crippen LogP contribution is -2.34. The minimum Gasteiger partial charge on any atom is -0.363 e. The van der Waals surface area contributed by atoms with E-state index in [1.54, 1.807) is 4.90 Å². The third-order valence-corrected chi connectivity index (χ3v) is 7.27. The molecule has 0 bridgehead atoms. The number of anilines is 2. The number of hydrogen-bond acceptors (Lipinski definition) is 4. The maximum atomic E-state index is 13.0. The molecule has 5 nitrogen and oxygen atoms in total. The molecule has 3 aromatic rings. The van der Waals surface area contributed by atoms with Gasteiger partial charge in [0, 0.05) is 31.8 Å². The van der Waals surface area contributed by atoms with Crippen LogP contribution in [0.3, 0.4) is 0 Å². The van der Waals surface area contributed by atoms with Crippen LogP contribution >= 0.6 is 0 Å². The molecule has 0 radical (unpaired) electrons. The van der Waals surface area contributed by atoms with Crippen LogP contribution in [0.1, 0.15) is 55.3 Å². The third kappa shape index (κ3) is 5.60. The molecule has 1 saturated heterocycles. The Labute approximate surface area is 221 Å². The predicted molar refractivity (Wildman–Crippen MR) is 144 cm³/mol. The first kappa shape index (κ1) is 26.0. The van der Waals surface area contributed by atoms with Crippen molar-refractivity contribution in [1.82, 2.24) is 9.88 Å². The summed E-state index contributed by atoms with van der Waals surface area (Å²) in [5, 5.41) is 3.26. The number of carbonyl (C=O) groups is 1. The first-order valence-electron chi connectivity index (χ1n) is 12.9. The number of halogens is 3. The molecule has 1 aromatic heterocycles. The predicted octanol–water partition coefficient (Wildman–Crippen LogP) is 7.18. The molecule has 1 unspecified atom stereocenters. The van der Waals surface area contributed by atoms with Gasteiger partial charge in [-0.1, -0.05) is 43.3 Å². The van der Waals surface area contributed by atoms with Gasteiger partial charge >= 0.3 is 6.18 Å². The fourth-order valence-electron chi connectivity index (χ4n) is 5.35. The van der Waals surface area contributed by atoms with Crippen molar-refractivity contribution in [2.24, 2.45) is 0 Å². The van der Waals surface area contributed by atoms with Crippen LogP contribution in [-0.2, 0) is 17.5 Å². The van der Waals surface area contributed by atoms with E-state index in [4.69, 9.17) is 0 Å². The maximum Gasteiger partial charge on any atom is 0.417 e. The molecule has 0 saturated carbocycles. The first-order valence-corrected chi connectivity index (χ1v) is 12.9. The molecule has 38 heavy (non-hydrogen) atoms. The zero-order valence-electron chi connectivity index (χ0n) is 21.4. The van der Waals surface area contributed by atoms with Gasteiger partial charge in [0.15, 0.2) is 0 Å². The Morgan fingerprint density at radius 3 is 2.37 bits per heavy atom. The standard InChI is InChI=1S/C30H31F3N4O/c1-20-16-27(35-29-13-11-25(18-34-29)30(31,32)33)26-17-24(10-12-28(26)37(20)21(2)38)23-8-6-22(7-9-23)19-36-14-4-3-5-15-36/h6-13,17-18,27H,1,3-5,14-16,19H2,2H3,(H,34,35). The Kier molecular flexibility index (Phi) is 7.25. The number of nitrogens with one attached hydrogen (secondary N) is 1. The van der Waals surface area contributed by atoms with Crippen LogP contribution in [0.4, 0.5) is 24.7 Å². The van der Waals surface area contributed by atoms with Gasteiger partial charge in [0.25, 0.3) is 0 Å². The highest BCUT2D eigenvalue weighted by Gasteiger charge is 2.32. The summed E-state index contributed by atoms with van der Waals surface area (Å²) in [6, 6.07) is 16.5. The molecule has 0 aliphatic carbocycles. The molecular weight excluding hydrogens is 489 g/mol. The van der Waals surface area contributed by atoms with E-state index in [2.05, 4.69) is 46.0 Å². The molecule has 3 heterocycles. The van der Waals surface area contributed by atoms with E-state index < -0.39 is 11.7 Å².